The van der Waals surface area contributed by atoms with Crippen molar-refractivity contribution in [2.75, 3.05) is 26.2 Å². The highest BCUT2D eigenvalue weighted by atomic mass is 35.5. The number of carbonyl (C=O) groups excluding carboxylic acids is 2. The van der Waals surface area contributed by atoms with Gasteiger partial charge in [-0.3, -0.25) is 14.4 Å². The minimum atomic E-state index is -0.923. The van der Waals surface area contributed by atoms with Crippen LogP contribution >= 0.6 is 23.2 Å². The van der Waals surface area contributed by atoms with Crippen LogP contribution in [0.3, 0.4) is 0 Å². The summed E-state index contributed by atoms with van der Waals surface area (Å²) in [4.78, 5) is 39.6. The average molecular weight is 463 g/mol. The quantitative estimate of drug-likeness (QED) is 0.736. The van der Waals surface area contributed by atoms with Crippen molar-refractivity contribution in [3.05, 3.63) is 69.7 Å². The number of benzene rings is 2. The first-order valence-corrected chi connectivity index (χ1v) is 10.5. The molecule has 0 radical (unpaired) electrons. The molecule has 2 saturated heterocycles. The minimum absolute atomic E-state index is 0.152. The Balaban J connectivity index is 1.63. The van der Waals surface area contributed by atoms with Gasteiger partial charge in [-0.1, -0.05) is 47.5 Å². The van der Waals surface area contributed by atoms with Crippen molar-refractivity contribution in [3.63, 3.8) is 0 Å². The molecule has 9 heteroatoms. The molecule has 0 aromatic heterocycles. The van der Waals surface area contributed by atoms with E-state index in [1.807, 2.05) is 12.1 Å². The number of nitrogens with zero attached hydrogens (tertiary/aromatic N) is 2. The largest absolute Gasteiger partial charge is 0.481 e. The van der Waals surface area contributed by atoms with Crippen molar-refractivity contribution in [1.29, 1.82) is 0 Å². The highest BCUT2D eigenvalue weighted by Gasteiger charge is 2.42. The molecule has 31 heavy (non-hydrogen) atoms. The topological polar surface area (TPSA) is 87.2 Å². The Labute approximate surface area is 189 Å². The highest BCUT2D eigenvalue weighted by molar-refractivity contribution is 6.30. The van der Waals surface area contributed by atoms with Crippen molar-refractivity contribution in [3.8, 4) is 0 Å². The molecule has 0 saturated carbocycles. The SMILES string of the molecule is O=C(O)C1CN(C(=O)CN2C(=O)COC(c3ccc(Cl)cc3)C2c2ccc(Cl)cc2)C1. The van der Waals surface area contributed by atoms with Crippen LogP contribution in [0, 0.1) is 5.92 Å². The van der Waals surface area contributed by atoms with E-state index in [1.165, 1.54) is 9.80 Å². The molecule has 2 unspecified atom stereocenters. The summed E-state index contributed by atoms with van der Waals surface area (Å²) < 4.78 is 5.90. The first-order valence-electron chi connectivity index (χ1n) is 9.76. The third-order valence-corrected chi connectivity index (χ3v) is 6.13. The summed E-state index contributed by atoms with van der Waals surface area (Å²) in [5, 5.41) is 10.2. The van der Waals surface area contributed by atoms with Crippen LogP contribution in [-0.2, 0) is 19.1 Å². The zero-order chi connectivity index (χ0) is 22.1. The number of hydrogen-bond acceptors (Lipinski definition) is 4. The lowest BCUT2D eigenvalue weighted by Gasteiger charge is -2.43. The zero-order valence-corrected chi connectivity index (χ0v) is 17.9. The first kappa shape index (κ1) is 21.6. The van der Waals surface area contributed by atoms with Gasteiger partial charge in [0.1, 0.15) is 19.3 Å². The molecular weight excluding hydrogens is 443 g/mol. The molecule has 0 spiro atoms. The van der Waals surface area contributed by atoms with E-state index in [2.05, 4.69) is 0 Å². The third kappa shape index (κ3) is 4.54. The second-order valence-corrected chi connectivity index (χ2v) is 8.51. The molecule has 2 heterocycles. The summed E-state index contributed by atoms with van der Waals surface area (Å²) >= 11 is 12.1. The molecule has 2 aromatic carbocycles. The molecule has 0 aliphatic carbocycles. The fourth-order valence-electron chi connectivity index (χ4n) is 3.87. The van der Waals surface area contributed by atoms with Crippen molar-refractivity contribution in [2.24, 2.45) is 5.92 Å². The van der Waals surface area contributed by atoms with Crippen molar-refractivity contribution < 1.29 is 24.2 Å². The maximum Gasteiger partial charge on any atom is 0.310 e. The summed E-state index contributed by atoms with van der Waals surface area (Å²) in [5.74, 6) is -2.08. The van der Waals surface area contributed by atoms with Gasteiger partial charge in [0.2, 0.25) is 11.8 Å². The number of halogens is 2. The predicted molar refractivity (Wildman–Crippen MR) is 114 cm³/mol. The van der Waals surface area contributed by atoms with Gasteiger partial charge < -0.3 is 19.6 Å². The van der Waals surface area contributed by atoms with E-state index in [4.69, 9.17) is 33.0 Å². The number of hydrogen-bond donors (Lipinski definition) is 1. The summed E-state index contributed by atoms with van der Waals surface area (Å²) in [6, 6.07) is 13.7. The molecule has 4 rings (SSSR count). The number of aliphatic carboxylic acids is 1. The van der Waals surface area contributed by atoms with Crippen LogP contribution < -0.4 is 0 Å². The number of carboxylic acids is 1. The van der Waals surface area contributed by atoms with Gasteiger partial charge in [-0.15, -0.1) is 0 Å². The lowest BCUT2D eigenvalue weighted by Crippen LogP contribution is -2.57. The third-order valence-electron chi connectivity index (χ3n) is 5.63. The summed E-state index contributed by atoms with van der Waals surface area (Å²) in [6.45, 7) is -0.0217. The second kappa shape index (κ2) is 8.86. The maximum absolute atomic E-state index is 12.8. The Morgan fingerprint density at radius 2 is 1.52 bits per heavy atom. The van der Waals surface area contributed by atoms with Crippen molar-refractivity contribution in [2.45, 2.75) is 12.1 Å². The number of likely N-dealkylation sites (tertiary alicyclic amines) is 1. The van der Waals surface area contributed by atoms with Crippen LogP contribution in [0.5, 0.6) is 0 Å². The van der Waals surface area contributed by atoms with Gasteiger partial charge in [0.05, 0.1) is 12.0 Å². The van der Waals surface area contributed by atoms with Crippen LogP contribution in [0.25, 0.3) is 0 Å². The standard InChI is InChI=1S/C22H20Cl2N2O5/c23-16-5-1-13(2-6-16)20-21(14-3-7-17(24)8-4-14)31-12-19(28)26(20)11-18(27)25-9-15(10-25)22(29)30/h1-8,15,20-21H,9-12H2,(H,29,30). The van der Waals surface area contributed by atoms with E-state index in [9.17, 15) is 14.4 Å². The molecule has 2 aromatic rings. The number of rotatable bonds is 5. The Bertz CT molecular complexity index is 990. The minimum Gasteiger partial charge on any atom is -0.481 e. The molecule has 2 aliphatic heterocycles. The van der Waals surface area contributed by atoms with E-state index < -0.39 is 24.0 Å². The molecule has 2 amide bonds. The smallest absolute Gasteiger partial charge is 0.310 e. The summed E-state index contributed by atoms with van der Waals surface area (Å²) in [6.07, 6.45) is -0.507. The molecule has 7 nitrogen and oxygen atoms in total. The normalized spacial score (nSPS) is 21.7. The Kier molecular flexibility index (Phi) is 6.18. The number of ether oxygens (including phenoxy) is 1. The molecule has 2 atom stereocenters. The highest BCUT2D eigenvalue weighted by Crippen LogP contribution is 2.40. The van der Waals surface area contributed by atoms with Gasteiger partial charge in [-0.2, -0.15) is 0 Å². The van der Waals surface area contributed by atoms with Crippen LogP contribution in [0.2, 0.25) is 10.0 Å². The lowest BCUT2D eigenvalue weighted by molar-refractivity contribution is -0.165. The van der Waals surface area contributed by atoms with Gasteiger partial charge in [-0.05, 0) is 35.4 Å². The summed E-state index contributed by atoms with van der Waals surface area (Å²) in [7, 11) is 0. The molecule has 1 N–H and O–H groups in total. The monoisotopic (exact) mass is 462 g/mol. The van der Waals surface area contributed by atoms with E-state index in [0.29, 0.717) is 10.0 Å². The fraction of sp³-hybridized carbons (Fsp3) is 0.318. The van der Waals surface area contributed by atoms with Gasteiger partial charge in [-0.25, -0.2) is 0 Å². The molecule has 162 valence electrons. The average Bonchev–Trinajstić information content (AvgIpc) is 2.69. The number of carboxylic acid groups (broad SMARTS) is 1. The predicted octanol–water partition coefficient (Wildman–Crippen LogP) is 3.18. The van der Waals surface area contributed by atoms with E-state index >= 15 is 0 Å². The van der Waals surface area contributed by atoms with Crippen LogP contribution in [0.1, 0.15) is 23.3 Å². The van der Waals surface area contributed by atoms with Crippen molar-refractivity contribution in [1.82, 2.24) is 9.80 Å². The summed E-state index contributed by atoms with van der Waals surface area (Å²) in [5.41, 5.74) is 1.60. The van der Waals surface area contributed by atoms with Crippen LogP contribution in [0.4, 0.5) is 0 Å². The molecule has 2 aliphatic rings. The molecular formula is C22H20Cl2N2O5. The van der Waals surface area contributed by atoms with Crippen LogP contribution in [-0.4, -0.2) is 58.9 Å². The van der Waals surface area contributed by atoms with Crippen LogP contribution in [0.15, 0.2) is 48.5 Å². The first-order chi connectivity index (χ1) is 14.8. The zero-order valence-electron chi connectivity index (χ0n) is 16.4. The number of amides is 2. The Hall–Kier alpha value is -2.61. The lowest BCUT2D eigenvalue weighted by atomic mass is 9.92. The Morgan fingerprint density at radius 3 is 2.06 bits per heavy atom. The van der Waals surface area contributed by atoms with E-state index in [-0.39, 0.29) is 38.1 Å². The second-order valence-electron chi connectivity index (χ2n) is 7.64. The van der Waals surface area contributed by atoms with E-state index in [1.54, 1.807) is 36.4 Å². The van der Waals surface area contributed by atoms with Gasteiger partial charge in [0.25, 0.3) is 0 Å². The van der Waals surface area contributed by atoms with Crippen molar-refractivity contribution >= 4 is 41.0 Å². The number of carbonyl (C=O) groups is 3. The van der Waals surface area contributed by atoms with Gasteiger partial charge >= 0.3 is 5.97 Å². The molecule has 0 bridgehead atoms. The molecule has 2 fully saturated rings. The number of morpholine rings is 1. The van der Waals surface area contributed by atoms with E-state index in [0.717, 1.165) is 11.1 Å². The van der Waals surface area contributed by atoms with Gasteiger partial charge in [0, 0.05) is 23.1 Å². The van der Waals surface area contributed by atoms with Gasteiger partial charge in [0.15, 0.2) is 0 Å². The maximum atomic E-state index is 12.8. The Morgan fingerprint density at radius 1 is 0.968 bits per heavy atom. The fourth-order valence-corrected chi connectivity index (χ4v) is 4.12.